The van der Waals surface area contributed by atoms with E-state index in [1.165, 1.54) is 0 Å². The van der Waals surface area contributed by atoms with Gasteiger partial charge in [-0.3, -0.25) is 0 Å². The smallest absolute Gasteiger partial charge is 0.134 e. The van der Waals surface area contributed by atoms with Crippen LogP contribution in [0.15, 0.2) is 12.4 Å². The van der Waals surface area contributed by atoms with E-state index < -0.39 is 0 Å². The van der Waals surface area contributed by atoms with Gasteiger partial charge in [-0.25, -0.2) is 9.97 Å². The van der Waals surface area contributed by atoms with Crippen LogP contribution >= 0.6 is 12.6 Å². The van der Waals surface area contributed by atoms with Gasteiger partial charge in [0.05, 0.1) is 13.2 Å². The van der Waals surface area contributed by atoms with Crippen molar-refractivity contribution in [3.8, 4) is 0 Å². The van der Waals surface area contributed by atoms with E-state index in [-0.39, 0.29) is 0 Å². The first-order valence-corrected chi connectivity index (χ1v) is 6.03. The first-order valence-electron chi connectivity index (χ1n) is 5.39. The second-order valence-corrected chi connectivity index (χ2v) is 3.96. The highest BCUT2D eigenvalue weighted by molar-refractivity contribution is 7.80. The summed E-state index contributed by atoms with van der Waals surface area (Å²) >= 11 is 4.15. The molecule has 0 aliphatic carbocycles. The molecule has 0 unspecified atom stereocenters. The molecule has 88 valence electrons. The number of aromatic nitrogens is 2. The summed E-state index contributed by atoms with van der Waals surface area (Å²) in [6, 6.07) is 1.97. The maximum absolute atomic E-state index is 5.31. The number of morpholine rings is 1. The molecule has 16 heavy (non-hydrogen) atoms. The molecule has 1 N–H and O–H groups in total. The monoisotopic (exact) mass is 240 g/mol. The lowest BCUT2D eigenvalue weighted by atomic mass is 10.4. The van der Waals surface area contributed by atoms with Crippen LogP contribution in [0.5, 0.6) is 0 Å². The lowest BCUT2D eigenvalue weighted by Gasteiger charge is -2.27. The van der Waals surface area contributed by atoms with Gasteiger partial charge in [0.1, 0.15) is 18.0 Å². The second-order valence-electron chi connectivity index (χ2n) is 3.51. The van der Waals surface area contributed by atoms with Crippen molar-refractivity contribution >= 4 is 24.3 Å². The van der Waals surface area contributed by atoms with Gasteiger partial charge < -0.3 is 15.0 Å². The van der Waals surface area contributed by atoms with Crippen LogP contribution in [0.25, 0.3) is 0 Å². The highest BCUT2D eigenvalue weighted by Gasteiger charge is 2.12. The number of nitrogens with one attached hydrogen (secondary N) is 1. The summed E-state index contributed by atoms with van der Waals surface area (Å²) in [5.41, 5.74) is 0. The summed E-state index contributed by atoms with van der Waals surface area (Å²) in [6.45, 7) is 4.13. The van der Waals surface area contributed by atoms with Crippen molar-refractivity contribution in [3.05, 3.63) is 12.4 Å². The number of rotatable bonds is 4. The van der Waals surface area contributed by atoms with Crippen LogP contribution in [-0.4, -0.2) is 48.6 Å². The Morgan fingerprint density at radius 1 is 1.38 bits per heavy atom. The van der Waals surface area contributed by atoms with Gasteiger partial charge in [0.15, 0.2) is 0 Å². The minimum atomic E-state index is 0.767. The van der Waals surface area contributed by atoms with E-state index in [0.717, 1.165) is 50.2 Å². The molecule has 1 fully saturated rings. The van der Waals surface area contributed by atoms with Gasteiger partial charge >= 0.3 is 0 Å². The summed E-state index contributed by atoms with van der Waals surface area (Å²) < 4.78 is 5.31. The quantitative estimate of drug-likeness (QED) is 0.757. The number of nitrogens with zero attached hydrogens (tertiary/aromatic N) is 3. The molecule has 2 heterocycles. The van der Waals surface area contributed by atoms with Crippen LogP contribution < -0.4 is 10.2 Å². The van der Waals surface area contributed by atoms with Gasteiger partial charge in [-0.15, -0.1) is 0 Å². The predicted octanol–water partition coefficient (Wildman–Crippen LogP) is 0.655. The average molecular weight is 240 g/mol. The summed E-state index contributed by atoms with van der Waals surface area (Å²) in [5.74, 6) is 2.60. The first-order chi connectivity index (χ1) is 7.90. The van der Waals surface area contributed by atoms with Crippen molar-refractivity contribution in [2.75, 3.05) is 48.8 Å². The average Bonchev–Trinajstić information content (AvgIpc) is 2.38. The zero-order valence-corrected chi connectivity index (χ0v) is 9.99. The molecule has 1 aromatic rings. The van der Waals surface area contributed by atoms with Crippen molar-refractivity contribution in [1.29, 1.82) is 0 Å². The number of anilines is 2. The highest BCUT2D eigenvalue weighted by Crippen LogP contribution is 2.15. The molecule has 1 saturated heterocycles. The van der Waals surface area contributed by atoms with Gasteiger partial charge in [-0.2, -0.15) is 12.6 Å². The van der Waals surface area contributed by atoms with Crippen molar-refractivity contribution in [2.45, 2.75) is 0 Å². The van der Waals surface area contributed by atoms with E-state index in [0.29, 0.717) is 0 Å². The molecule has 6 heteroatoms. The van der Waals surface area contributed by atoms with Crippen LogP contribution in [0.1, 0.15) is 0 Å². The van der Waals surface area contributed by atoms with Crippen LogP contribution in [0.4, 0.5) is 11.6 Å². The van der Waals surface area contributed by atoms with E-state index in [9.17, 15) is 0 Å². The molecule has 0 amide bonds. The zero-order valence-electron chi connectivity index (χ0n) is 9.09. The topological polar surface area (TPSA) is 50.3 Å². The molecule has 2 rings (SSSR count). The molecular formula is C10H16N4OS. The van der Waals surface area contributed by atoms with Crippen molar-refractivity contribution in [2.24, 2.45) is 0 Å². The van der Waals surface area contributed by atoms with E-state index in [2.05, 4.69) is 32.8 Å². The Hall–Kier alpha value is -1.01. The molecule has 0 aromatic carbocycles. The van der Waals surface area contributed by atoms with Crippen molar-refractivity contribution in [3.63, 3.8) is 0 Å². The summed E-state index contributed by atoms with van der Waals surface area (Å²) in [7, 11) is 0. The lowest BCUT2D eigenvalue weighted by Crippen LogP contribution is -2.36. The van der Waals surface area contributed by atoms with E-state index in [4.69, 9.17) is 4.74 Å². The highest BCUT2D eigenvalue weighted by atomic mass is 32.1. The summed E-state index contributed by atoms with van der Waals surface area (Å²) in [6.07, 6.45) is 1.59. The maximum atomic E-state index is 5.31. The Balaban J connectivity index is 2.02. The Kier molecular flexibility index (Phi) is 4.24. The van der Waals surface area contributed by atoms with E-state index in [1.807, 2.05) is 6.07 Å². The Labute approximate surface area is 101 Å². The summed E-state index contributed by atoms with van der Waals surface area (Å²) in [5, 5.41) is 3.19. The van der Waals surface area contributed by atoms with Gasteiger partial charge in [0.25, 0.3) is 0 Å². The Bertz CT molecular complexity index is 330. The number of thiol groups is 1. The number of ether oxygens (including phenoxy) is 1. The normalized spacial score (nSPS) is 16.2. The molecular weight excluding hydrogens is 224 g/mol. The molecule has 0 saturated carbocycles. The van der Waals surface area contributed by atoms with Gasteiger partial charge in [0, 0.05) is 31.5 Å². The third-order valence-electron chi connectivity index (χ3n) is 2.41. The lowest BCUT2D eigenvalue weighted by molar-refractivity contribution is 0.122. The van der Waals surface area contributed by atoms with E-state index >= 15 is 0 Å². The minimum absolute atomic E-state index is 0.767. The largest absolute Gasteiger partial charge is 0.378 e. The molecule has 5 nitrogen and oxygen atoms in total. The van der Waals surface area contributed by atoms with Gasteiger partial charge in [-0.05, 0) is 0 Å². The van der Waals surface area contributed by atoms with Gasteiger partial charge in [0.2, 0.25) is 0 Å². The van der Waals surface area contributed by atoms with Gasteiger partial charge in [-0.1, -0.05) is 0 Å². The fourth-order valence-electron chi connectivity index (χ4n) is 1.59. The molecule has 0 spiro atoms. The SMILES string of the molecule is SCCNc1cc(N2CCOCC2)ncn1. The number of hydrogen-bond donors (Lipinski definition) is 2. The molecule has 1 aliphatic rings. The standard InChI is InChI=1S/C10H16N4OS/c16-6-1-11-9-7-10(13-8-12-9)14-2-4-15-5-3-14/h7-8,16H,1-6H2,(H,11,12,13). The Morgan fingerprint density at radius 2 is 2.19 bits per heavy atom. The fraction of sp³-hybridized carbons (Fsp3) is 0.600. The van der Waals surface area contributed by atoms with Crippen molar-refractivity contribution < 1.29 is 4.74 Å². The van der Waals surface area contributed by atoms with Crippen LogP contribution in [0.2, 0.25) is 0 Å². The fourth-order valence-corrected chi connectivity index (χ4v) is 1.70. The second kappa shape index (κ2) is 5.91. The third kappa shape index (κ3) is 2.99. The first kappa shape index (κ1) is 11.5. The molecule has 0 bridgehead atoms. The van der Waals surface area contributed by atoms with Crippen LogP contribution in [0, 0.1) is 0 Å². The van der Waals surface area contributed by atoms with E-state index in [1.54, 1.807) is 6.33 Å². The predicted molar refractivity (Wildman–Crippen MR) is 67.4 cm³/mol. The molecule has 1 aromatic heterocycles. The van der Waals surface area contributed by atoms with Crippen molar-refractivity contribution in [1.82, 2.24) is 9.97 Å². The number of hydrogen-bond acceptors (Lipinski definition) is 6. The zero-order chi connectivity index (χ0) is 11.2. The summed E-state index contributed by atoms with van der Waals surface area (Å²) in [4.78, 5) is 10.6. The molecule has 0 atom stereocenters. The van der Waals surface area contributed by atoms with Crippen LogP contribution in [0.3, 0.4) is 0 Å². The third-order valence-corrected chi connectivity index (χ3v) is 2.63. The maximum Gasteiger partial charge on any atom is 0.134 e. The minimum Gasteiger partial charge on any atom is -0.378 e. The Morgan fingerprint density at radius 3 is 2.94 bits per heavy atom. The molecule has 0 radical (unpaired) electrons. The molecule has 1 aliphatic heterocycles. The van der Waals surface area contributed by atoms with Crippen LogP contribution in [-0.2, 0) is 4.74 Å².